The number of urea groups is 1. The summed E-state index contributed by atoms with van der Waals surface area (Å²) < 4.78 is 10.5. The monoisotopic (exact) mass is 371 g/mol. The lowest BCUT2D eigenvalue weighted by Crippen LogP contribution is -2.20. The van der Waals surface area contributed by atoms with Crippen molar-refractivity contribution in [2.75, 3.05) is 24.9 Å². The van der Waals surface area contributed by atoms with Gasteiger partial charge in [0.05, 0.1) is 31.1 Å². The first-order valence-corrected chi connectivity index (χ1v) is 8.25. The second kappa shape index (κ2) is 7.49. The van der Waals surface area contributed by atoms with Gasteiger partial charge in [0.1, 0.15) is 11.5 Å². The van der Waals surface area contributed by atoms with Crippen molar-refractivity contribution in [2.24, 2.45) is 0 Å². The number of halogens is 1. The molecule has 1 heterocycles. The molecule has 0 aliphatic carbocycles. The summed E-state index contributed by atoms with van der Waals surface area (Å²) >= 11 is 6.03. The first-order chi connectivity index (χ1) is 12.5. The van der Waals surface area contributed by atoms with Crippen LogP contribution in [0, 0.1) is 6.92 Å². The molecule has 0 radical (unpaired) electrons. The topological polar surface area (TPSA) is 72.5 Å². The van der Waals surface area contributed by atoms with Crippen molar-refractivity contribution >= 4 is 39.9 Å². The summed E-state index contributed by atoms with van der Waals surface area (Å²) in [6, 6.07) is 11.9. The third kappa shape index (κ3) is 3.81. The lowest BCUT2D eigenvalue weighted by atomic mass is 10.1. The van der Waals surface area contributed by atoms with Crippen molar-refractivity contribution in [3.8, 4) is 11.5 Å². The zero-order chi connectivity index (χ0) is 18.7. The maximum atomic E-state index is 12.5. The minimum Gasteiger partial charge on any atom is -0.497 e. The number of anilines is 2. The van der Waals surface area contributed by atoms with E-state index in [1.807, 2.05) is 13.0 Å². The first-order valence-electron chi connectivity index (χ1n) is 7.87. The summed E-state index contributed by atoms with van der Waals surface area (Å²) in [6.45, 7) is 1.86. The SMILES string of the molecule is COc1ccc(NC(=O)Nc2cc(C)nc3cc(Cl)ccc23)c(OC)c1. The molecule has 6 nitrogen and oxygen atoms in total. The molecule has 7 heteroatoms. The van der Waals surface area contributed by atoms with Gasteiger partial charge in [0.25, 0.3) is 0 Å². The van der Waals surface area contributed by atoms with Crippen LogP contribution in [0.1, 0.15) is 5.69 Å². The van der Waals surface area contributed by atoms with Gasteiger partial charge in [-0.3, -0.25) is 4.98 Å². The van der Waals surface area contributed by atoms with Gasteiger partial charge in [0.15, 0.2) is 0 Å². The first kappa shape index (κ1) is 17.8. The average Bonchev–Trinajstić information content (AvgIpc) is 2.61. The van der Waals surface area contributed by atoms with Crippen LogP contribution in [0.15, 0.2) is 42.5 Å². The molecular formula is C19H18ClN3O3. The highest BCUT2D eigenvalue weighted by molar-refractivity contribution is 6.31. The number of nitrogens with one attached hydrogen (secondary N) is 2. The van der Waals surface area contributed by atoms with Crippen LogP contribution >= 0.6 is 11.6 Å². The minimum atomic E-state index is -0.393. The predicted octanol–water partition coefficient (Wildman–Crippen LogP) is 4.86. The van der Waals surface area contributed by atoms with Crippen molar-refractivity contribution in [2.45, 2.75) is 6.92 Å². The number of aromatic nitrogens is 1. The number of benzene rings is 2. The standard InChI is InChI=1S/C19H18ClN3O3/c1-11-8-16(14-6-4-12(20)9-17(14)21-11)23-19(24)22-15-7-5-13(25-2)10-18(15)26-3/h4-10H,1-3H3,(H2,21,22,23,24). The van der Waals surface area contributed by atoms with Gasteiger partial charge < -0.3 is 20.1 Å². The third-order valence-corrected chi connectivity index (χ3v) is 4.04. The molecule has 0 saturated heterocycles. The molecule has 0 atom stereocenters. The lowest BCUT2D eigenvalue weighted by molar-refractivity contribution is 0.262. The Morgan fingerprint density at radius 1 is 1.00 bits per heavy atom. The van der Waals surface area contributed by atoms with Gasteiger partial charge >= 0.3 is 6.03 Å². The number of nitrogens with zero attached hydrogens (tertiary/aromatic N) is 1. The Hall–Kier alpha value is -2.99. The molecule has 2 amide bonds. The summed E-state index contributed by atoms with van der Waals surface area (Å²) in [5.41, 5.74) is 2.67. The lowest BCUT2D eigenvalue weighted by Gasteiger charge is -2.14. The van der Waals surface area contributed by atoms with Crippen LogP contribution in [0.4, 0.5) is 16.2 Å². The Kier molecular flexibility index (Phi) is 5.14. The van der Waals surface area contributed by atoms with E-state index in [1.54, 1.807) is 43.5 Å². The number of fused-ring (bicyclic) bond motifs is 1. The number of carbonyl (C=O) groups is 1. The predicted molar refractivity (Wildman–Crippen MR) is 104 cm³/mol. The molecule has 0 unspecified atom stereocenters. The molecular weight excluding hydrogens is 354 g/mol. The van der Waals surface area contributed by atoms with E-state index in [2.05, 4.69) is 15.6 Å². The Balaban J connectivity index is 1.86. The smallest absolute Gasteiger partial charge is 0.323 e. The minimum absolute atomic E-state index is 0.393. The molecule has 2 N–H and O–H groups in total. The van der Waals surface area contributed by atoms with Crippen molar-refractivity contribution in [1.29, 1.82) is 0 Å². The van der Waals surface area contributed by atoms with E-state index in [0.29, 0.717) is 27.9 Å². The summed E-state index contributed by atoms with van der Waals surface area (Å²) in [6.07, 6.45) is 0. The summed E-state index contributed by atoms with van der Waals surface area (Å²) in [4.78, 5) is 16.9. The molecule has 0 aliphatic rings. The molecule has 0 aliphatic heterocycles. The summed E-state index contributed by atoms with van der Waals surface area (Å²) in [5, 5.41) is 7.03. The summed E-state index contributed by atoms with van der Waals surface area (Å²) in [7, 11) is 3.10. The van der Waals surface area contributed by atoms with Crippen molar-refractivity contribution in [3.63, 3.8) is 0 Å². The molecule has 0 saturated carbocycles. The highest BCUT2D eigenvalue weighted by Gasteiger charge is 2.11. The highest BCUT2D eigenvalue weighted by Crippen LogP contribution is 2.30. The van der Waals surface area contributed by atoms with Crippen molar-refractivity contribution < 1.29 is 14.3 Å². The Bertz CT molecular complexity index is 970. The number of aryl methyl sites for hydroxylation is 1. The Morgan fingerprint density at radius 3 is 2.50 bits per heavy atom. The van der Waals surface area contributed by atoms with Gasteiger partial charge in [-0.2, -0.15) is 0 Å². The van der Waals surface area contributed by atoms with Gasteiger partial charge in [-0.1, -0.05) is 11.6 Å². The largest absolute Gasteiger partial charge is 0.497 e. The summed E-state index contributed by atoms with van der Waals surface area (Å²) in [5.74, 6) is 1.14. The molecule has 26 heavy (non-hydrogen) atoms. The van der Waals surface area contributed by atoms with Gasteiger partial charge in [0.2, 0.25) is 0 Å². The van der Waals surface area contributed by atoms with E-state index in [1.165, 1.54) is 7.11 Å². The Morgan fingerprint density at radius 2 is 1.77 bits per heavy atom. The number of carbonyl (C=O) groups excluding carboxylic acids is 1. The van der Waals surface area contributed by atoms with Crippen LogP contribution in [0.3, 0.4) is 0 Å². The van der Waals surface area contributed by atoms with Crippen LogP contribution in [-0.4, -0.2) is 25.2 Å². The fourth-order valence-corrected chi connectivity index (χ4v) is 2.78. The molecule has 134 valence electrons. The van der Waals surface area contributed by atoms with Crippen LogP contribution < -0.4 is 20.1 Å². The fourth-order valence-electron chi connectivity index (χ4n) is 2.62. The number of rotatable bonds is 4. The molecule has 3 aromatic rings. The number of hydrogen-bond donors (Lipinski definition) is 2. The average molecular weight is 372 g/mol. The molecule has 0 bridgehead atoms. The Labute approximate surface area is 156 Å². The normalized spacial score (nSPS) is 10.5. The third-order valence-electron chi connectivity index (χ3n) is 3.81. The number of amides is 2. The maximum absolute atomic E-state index is 12.5. The quantitative estimate of drug-likeness (QED) is 0.687. The van der Waals surface area contributed by atoms with E-state index in [4.69, 9.17) is 21.1 Å². The van der Waals surface area contributed by atoms with Crippen LogP contribution in [0.25, 0.3) is 10.9 Å². The van der Waals surface area contributed by atoms with Gasteiger partial charge in [-0.15, -0.1) is 0 Å². The maximum Gasteiger partial charge on any atom is 0.323 e. The number of pyridine rings is 1. The van der Waals surface area contributed by atoms with E-state index in [9.17, 15) is 4.79 Å². The van der Waals surface area contributed by atoms with E-state index in [0.717, 1.165) is 16.6 Å². The molecule has 0 spiro atoms. The van der Waals surface area contributed by atoms with Crippen LogP contribution in [-0.2, 0) is 0 Å². The molecule has 2 aromatic carbocycles. The van der Waals surface area contributed by atoms with Crippen LogP contribution in [0.2, 0.25) is 5.02 Å². The van der Waals surface area contributed by atoms with Crippen LogP contribution in [0.5, 0.6) is 11.5 Å². The molecule has 3 rings (SSSR count). The van der Waals surface area contributed by atoms with E-state index >= 15 is 0 Å². The van der Waals surface area contributed by atoms with Gasteiger partial charge in [-0.05, 0) is 43.3 Å². The zero-order valence-corrected chi connectivity index (χ0v) is 15.3. The van der Waals surface area contributed by atoms with Gasteiger partial charge in [0, 0.05) is 22.2 Å². The van der Waals surface area contributed by atoms with Crippen molar-refractivity contribution in [1.82, 2.24) is 4.98 Å². The second-order valence-corrected chi connectivity index (χ2v) is 6.05. The fraction of sp³-hybridized carbons (Fsp3) is 0.158. The van der Waals surface area contributed by atoms with Gasteiger partial charge in [-0.25, -0.2) is 4.79 Å². The zero-order valence-electron chi connectivity index (χ0n) is 14.6. The number of hydrogen-bond acceptors (Lipinski definition) is 4. The van der Waals surface area contributed by atoms with E-state index in [-0.39, 0.29) is 0 Å². The number of methoxy groups -OCH3 is 2. The van der Waals surface area contributed by atoms with Crippen molar-refractivity contribution in [3.05, 3.63) is 53.2 Å². The molecule has 0 fully saturated rings. The molecule has 1 aromatic heterocycles. The second-order valence-electron chi connectivity index (χ2n) is 5.62. The number of ether oxygens (including phenoxy) is 2. The van der Waals surface area contributed by atoms with E-state index < -0.39 is 6.03 Å². The highest BCUT2D eigenvalue weighted by atomic mass is 35.5.